The third-order valence-electron chi connectivity index (χ3n) is 3.71. The van der Waals surface area contributed by atoms with Gasteiger partial charge in [-0.25, -0.2) is 0 Å². The van der Waals surface area contributed by atoms with Gasteiger partial charge in [0.2, 0.25) is 12.7 Å². The van der Waals surface area contributed by atoms with Gasteiger partial charge in [0.1, 0.15) is 5.76 Å². The van der Waals surface area contributed by atoms with Crippen LogP contribution < -0.4 is 14.8 Å². The molecule has 0 atom stereocenters. The van der Waals surface area contributed by atoms with Crippen molar-refractivity contribution in [1.29, 1.82) is 0 Å². The number of fused-ring (bicyclic) bond motifs is 1. The van der Waals surface area contributed by atoms with Gasteiger partial charge >= 0.3 is 0 Å². The molecule has 0 unspecified atom stereocenters. The van der Waals surface area contributed by atoms with Gasteiger partial charge in [-0.15, -0.1) is 0 Å². The highest BCUT2D eigenvalue weighted by Gasteiger charge is 2.14. The molecule has 6 heteroatoms. The van der Waals surface area contributed by atoms with Gasteiger partial charge in [-0.3, -0.25) is 4.79 Å². The Kier molecular flexibility index (Phi) is 4.00. The number of aromatic nitrogens is 1. The summed E-state index contributed by atoms with van der Waals surface area (Å²) < 4.78 is 15.7. The van der Waals surface area contributed by atoms with Gasteiger partial charge in [-0.2, -0.15) is 0 Å². The Morgan fingerprint density at radius 2 is 2.09 bits per heavy atom. The minimum atomic E-state index is -0.00216. The van der Waals surface area contributed by atoms with Crippen LogP contribution in [0, 0.1) is 13.8 Å². The Labute approximate surface area is 128 Å². The second kappa shape index (κ2) is 6.09. The fourth-order valence-electron chi connectivity index (χ4n) is 2.44. The molecule has 0 spiro atoms. The molecule has 1 aliphatic rings. The predicted molar refractivity (Wildman–Crippen MR) is 78.7 cm³/mol. The Morgan fingerprint density at radius 3 is 2.86 bits per heavy atom. The van der Waals surface area contributed by atoms with Crippen molar-refractivity contribution < 1.29 is 18.8 Å². The van der Waals surface area contributed by atoms with Crippen LogP contribution in [0.1, 0.15) is 29.0 Å². The number of hydrogen-bond donors (Lipinski definition) is 1. The molecule has 0 saturated carbocycles. The standard InChI is InChI=1S/C16H18N2O4/c1-10-13(11(2)22-18-10)4-6-16(19)17-8-12-3-5-14-15(7-12)21-9-20-14/h3,5,7H,4,6,8-9H2,1-2H3,(H,17,19). The van der Waals surface area contributed by atoms with Crippen molar-refractivity contribution in [2.75, 3.05) is 6.79 Å². The van der Waals surface area contributed by atoms with Crippen LogP contribution >= 0.6 is 0 Å². The number of benzene rings is 1. The maximum Gasteiger partial charge on any atom is 0.231 e. The van der Waals surface area contributed by atoms with Crippen LogP contribution in [0.15, 0.2) is 22.7 Å². The normalized spacial score (nSPS) is 12.5. The first-order valence-corrected chi connectivity index (χ1v) is 7.20. The number of rotatable bonds is 5. The molecule has 116 valence electrons. The first kappa shape index (κ1) is 14.4. The molecule has 0 aliphatic carbocycles. The van der Waals surface area contributed by atoms with E-state index in [-0.39, 0.29) is 12.7 Å². The molecular weight excluding hydrogens is 284 g/mol. The minimum Gasteiger partial charge on any atom is -0.454 e. The fraction of sp³-hybridized carbons (Fsp3) is 0.375. The molecule has 2 aromatic rings. The zero-order chi connectivity index (χ0) is 15.5. The van der Waals surface area contributed by atoms with Crippen LogP contribution in [0.25, 0.3) is 0 Å². The highest BCUT2D eigenvalue weighted by Crippen LogP contribution is 2.32. The lowest BCUT2D eigenvalue weighted by atomic mass is 10.1. The van der Waals surface area contributed by atoms with Gasteiger partial charge in [-0.1, -0.05) is 11.2 Å². The van der Waals surface area contributed by atoms with E-state index in [1.54, 1.807) is 0 Å². The zero-order valence-electron chi connectivity index (χ0n) is 12.6. The van der Waals surface area contributed by atoms with Crippen LogP contribution in [0.3, 0.4) is 0 Å². The number of nitrogens with one attached hydrogen (secondary N) is 1. The van der Waals surface area contributed by atoms with Gasteiger partial charge in [0.15, 0.2) is 11.5 Å². The molecule has 0 fully saturated rings. The largest absolute Gasteiger partial charge is 0.454 e. The zero-order valence-corrected chi connectivity index (χ0v) is 12.6. The lowest BCUT2D eigenvalue weighted by molar-refractivity contribution is -0.121. The Balaban J connectivity index is 1.50. The van der Waals surface area contributed by atoms with E-state index < -0.39 is 0 Å². The van der Waals surface area contributed by atoms with Crippen molar-refractivity contribution in [3.63, 3.8) is 0 Å². The fourth-order valence-corrected chi connectivity index (χ4v) is 2.44. The summed E-state index contributed by atoms with van der Waals surface area (Å²) in [6, 6.07) is 5.66. The van der Waals surface area contributed by atoms with Gasteiger partial charge in [0, 0.05) is 18.5 Å². The molecule has 2 heterocycles. The van der Waals surface area contributed by atoms with Crippen LogP contribution in [0.2, 0.25) is 0 Å². The molecule has 0 saturated heterocycles. The van der Waals surface area contributed by atoms with Crippen LogP contribution in [0.4, 0.5) is 0 Å². The topological polar surface area (TPSA) is 73.6 Å². The van der Waals surface area contributed by atoms with E-state index in [9.17, 15) is 4.79 Å². The number of aryl methyl sites for hydroxylation is 2. The van der Waals surface area contributed by atoms with Crippen molar-refractivity contribution in [3.05, 3.63) is 40.8 Å². The third-order valence-corrected chi connectivity index (χ3v) is 3.71. The first-order chi connectivity index (χ1) is 10.6. The average Bonchev–Trinajstić information content (AvgIpc) is 3.10. The molecule has 1 aliphatic heterocycles. The predicted octanol–water partition coefficient (Wildman–Crippen LogP) is 2.27. The lowest BCUT2D eigenvalue weighted by Crippen LogP contribution is -2.23. The molecule has 1 amide bonds. The maximum absolute atomic E-state index is 11.9. The molecule has 6 nitrogen and oxygen atoms in total. The number of carbonyl (C=O) groups excluding carboxylic acids is 1. The summed E-state index contributed by atoms with van der Waals surface area (Å²) >= 11 is 0. The van der Waals surface area contributed by atoms with E-state index in [2.05, 4.69) is 10.5 Å². The second-order valence-electron chi connectivity index (χ2n) is 5.27. The van der Waals surface area contributed by atoms with Crippen LogP contribution in [-0.4, -0.2) is 17.9 Å². The molecule has 0 radical (unpaired) electrons. The van der Waals surface area contributed by atoms with E-state index in [0.717, 1.165) is 34.1 Å². The van der Waals surface area contributed by atoms with Crippen molar-refractivity contribution in [2.24, 2.45) is 0 Å². The molecule has 3 rings (SSSR count). The van der Waals surface area contributed by atoms with E-state index in [1.165, 1.54) is 0 Å². The Hall–Kier alpha value is -2.50. The Morgan fingerprint density at radius 1 is 1.27 bits per heavy atom. The Bertz CT molecular complexity index is 674. The number of nitrogens with zero attached hydrogens (tertiary/aromatic N) is 1. The first-order valence-electron chi connectivity index (χ1n) is 7.20. The van der Waals surface area contributed by atoms with Crippen LogP contribution in [-0.2, 0) is 17.8 Å². The molecular formula is C16H18N2O4. The van der Waals surface area contributed by atoms with E-state index in [1.807, 2.05) is 32.0 Å². The van der Waals surface area contributed by atoms with E-state index in [4.69, 9.17) is 14.0 Å². The van der Waals surface area contributed by atoms with Crippen molar-refractivity contribution in [1.82, 2.24) is 10.5 Å². The van der Waals surface area contributed by atoms with Gasteiger partial charge in [0.05, 0.1) is 5.69 Å². The van der Waals surface area contributed by atoms with Crippen molar-refractivity contribution in [2.45, 2.75) is 33.2 Å². The summed E-state index contributed by atoms with van der Waals surface area (Å²) in [5.74, 6) is 2.25. The lowest BCUT2D eigenvalue weighted by Gasteiger charge is -2.06. The molecule has 0 bridgehead atoms. The highest BCUT2D eigenvalue weighted by atomic mass is 16.7. The summed E-state index contributed by atoms with van der Waals surface area (Å²) in [4.78, 5) is 11.9. The SMILES string of the molecule is Cc1noc(C)c1CCC(=O)NCc1ccc2c(c1)OCO2. The molecule has 1 aromatic carbocycles. The van der Waals surface area contributed by atoms with Crippen molar-refractivity contribution >= 4 is 5.91 Å². The maximum atomic E-state index is 11.9. The highest BCUT2D eigenvalue weighted by molar-refractivity contribution is 5.76. The van der Waals surface area contributed by atoms with Gasteiger partial charge in [-0.05, 0) is 38.0 Å². The molecule has 1 N–H and O–H groups in total. The monoisotopic (exact) mass is 302 g/mol. The summed E-state index contributed by atoms with van der Waals surface area (Å²) in [6.07, 6.45) is 1.04. The number of hydrogen-bond acceptors (Lipinski definition) is 5. The van der Waals surface area contributed by atoms with Crippen LogP contribution in [0.5, 0.6) is 11.5 Å². The summed E-state index contributed by atoms with van der Waals surface area (Å²) in [5.41, 5.74) is 2.84. The second-order valence-corrected chi connectivity index (χ2v) is 5.27. The molecule has 22 heavy (non-hydrogen) atoms. The quantitative estimate of drug-likeness (QED) is 0.917. The average molecular weight is 302 g/mol. The van der Waals surface area contributed by atoms with E-state index >= 15 is 0 Å². The van der Waals surface area contributed by atoms with Gasteiger partial charge in [0.25, 0.3) is 0 Å². The molecule has 1 aromatic heterocycles. The summed E-state index contributed by atoms with van der Waals surface area (Å²) in [6.45, 7) is 4.47. The number of amides is 1. The summed E-state index contributed by atoms with van der Waals surface area (Å²) in [5, 5.41) is 6.79. The summed E-state index contributed by atoms with van der Waals surface area (Å²) in [7, 11) is 0. The van der Waals surface area contributed by atoms with Gasteiger partial charge < -0.3 is 19.3 Å². The van der Waals surface area contributed by atoms with Crippen molar-refractivity contribution in [3.8, 4) is 11.5 Å². The van der Waals surface area contributed by atoms with E-state index in [0.29, 0.717) is 19.4 Å². The number of ether oxygens (including phenoxy) is 2. The number of carbonyl (C=O) groups is 1. The minimum absolute atomic E-state index is 0.00216. The smallest absolute Gasteiger partial charge is 0.231 e. The third kappa shape index (κ3) is 3.05.